The zero-order valence-corrected chi connectivity index (χ0v) is 7.82. The first kappa shape index (κ1) is 11.1. The lowest BCUT2D eigenvalue weighted by molar-refractivity contribution is -0.0583. The molecule has 0 aliphatic heterocycles. The summed E-state index contributed by atoms with van der Waals surface area (Å²) in [5.74, 6) is 0. The van der Waals surface area contributed by atoms with Gasteiger partial charge in [0, 0.05) is 7.11 Å². The quantitative estimate of drug-likeness (QED) is 0.649. The SMILES string of the molecule is COC(C)O.Cc1ccccc1. The Labute approximate surface area is 73.8 Å². The van der Waals surface area contributed by atoms with E-state index in [2.05, 4.69) is 23.8 Å². The van der Waals surface area contributed by atoms with Crippen molar-refractivity contribution in [2.45, 2.75) is 20.1 Å². The van der Waals surface area contributed by atoms with Crippen molar-refractivity contribution in [3.8, 4) is 0 Å². The van der Waals surface area contributed by atoms with Crippen LogP contribution in [0.4, 0.5) is 0 Å². The van der Waals surface area contributed by atoms with Crippen molar-refractivity contribution in [1.82, 2.24) is 0 Å². The minimum absolute atomic E-state index is 0.616. The van der Waals surface area contributed by atoms with Gasteiger partial charge in [-0.3, -0.25) is 0 Å². The van der Waals surface area contributed by atoms with E-state index < -0.39 is 6.29 Å². The van der Waals surface area contributed by atoms with Gasteiger partial charge in [0.2, 0.25) is 0 Å². The Bertz CT molecular complexity index is 182. The Morgan fingerprint density at radius 2 is 1.67 bits per heavy atom. The lowest BCUT2D eigenvalue weighted by Crippen LogP contribution is -1.99. The highest BCUT2D eigenvalue weighted by molar-refractivity contribution is 5.11. The summed E-state index contributed by atoms with van der Waals surface area (Å²) in [4.78, 5) is 0. The van der Waals surface area contributed by atoms with Crippen molar-refractivity contribution < 1.29 is 9.84 Å². The van der Waals surface area contributed by atoms with Crippen LogP contribution in [-0.2, 0) is 4.74 Å². The fraction of sp³-hybridized carbons (Fsp3) is 0.400. The van der Waals surface area contributed by atoms with E-state index in [1.807, 2.05) is 18.2 Å². The van der Waals surface area contributed by atoms with Crippen LogP contribution in [0.1, 0.15) is 12.5 Å². The van der Waals surface area contributed by atoms with Crippen molar-refractivity contribution in [1.29, 1.82) is 0 Å². The molecule has 0 radical (unpaired) electrons. The summed E-state index contributed by atoms with van der Waals surface area (Å²) in [7, 11) is 1.45. The Kier molecular flexibility index (Phi) is 6.34. The summed E-state index contributed by atoms with van der Waals surface area (Å²) in [5, 5.41) is 8.14. The summed E-state index contributed by atoms with van der Waals surface area (Å²) < 4.78 is 4.31. The van der Waals surface area contributed by atoms with E-state index in [1.165, 1.54) is 12.7 Å². The van der Waals surface area contributed by atoms with Gasteiger partial charge in [0.05, 0.1) is 0 Å². The fourth-order valence-electron chi connectivity index (χ4n) is 0.534. The third kappa shape index (κ3) is 7.25. The molecule has 1 unspecified atom stereocenters. The molecule has 2 heteroatoms. The van der Waals surface area contributed by atoms with Crippen LogP contribution in [0, 0.1) is 6.92 Å². The summed E-state index contributed by atoms with van der Waals surface area (Å²) in [6, 6.07) is 10.3. The second-order valence-corrected chi connectivity index (χ2v) is 2.49. The molecule has 0 aliphatic carbocycles. The van der Waals surface area contributed by atoms with Gasteiger partial charge >= 0.3 is 0 Å². The van der Waals surface area contributed by atoms with Crippen LogP contribution in [0.3, 0.4) is 0 Å². The highest BCUT2D eigenvalue weighted by Crippen LogP contribution is 1.92. The van der Waals surface area contributed by atoms with E-state index in [4.69, 9.17) is 5.11 Å². The normalized spacial score (nSPS) is 11.3. The lowest BCUT2D eigenvalue weighted by Gasteiger charge is -1.94. The number of aryl methyl sites for hydroxylation is 1. The second kappa shape index (κ2) is 6.83. The first-order valence-electron chi connectivity index (χ1n) is 3.89. The molecule has 0 aromatic heterocycles. The smallest absolute Gasteiger partial charge is 0.151 e. The van der Waals surface area contributed by atoms with Crippen LogP contribution < -0.4 is 0 Å². The summed E-state index contributed by atoms with van der Waals surface area (Å²) in [5.41, 5.74) is 1.32. The predicted octanol–water partition coefficient (Wildman–Crippen LogP) is 1.97. The number of hydrogen-bond acceptors (Lipinski definition) is 2. The Balaban J connectivity index is 0.000000217. The zero-order valence-electron chi connectivity index (χ0n) is 7.82. The maximum absolute atomic E-state index is 8.14. The Hall–Kier alpha value is -0.860. The van der Waals surface area contributed by atoms with Gasteiger partial charge in [-0.15, -0.1) is 0 Å². The zero-order chi connectivity index (χ0) is 9.40. The highest BCUT2D eigenvalue weighted by atomic mass is 16.6. The molecule has 1 rings (SSSR count). The predicted molar refractivity (Wildman–Crippen MR) is 49.9 cm³/mol. The van der Waals surface area contributed by atoms with Gasteiger partial charge in [-0.05, 0) is 13.8 Å². The van der Waals surface area contributed by atoms with Gasteiger partial charge in [-0.25, -0.2) is 0 Å². The summed E-state index contributed by atoms with van der Waals surface area (Å²) in [6.07, 6.45) is -0.616. The summed E-state index contributed by atoms with van der Waals surface area (Å²) >= 11 is 0. The largest absolute Gasteiger partial charge is 0.368 e. The van der Waals surface area contributed by atoms with Gasteiger partial charge in [0.25, 0.3) is 0 Å². The molecule has 0 spiro atoms. The second-order valence-electron chi connectivity index (χ2n) is 2.49. The van der Waals surface area contributed by atoms with Gasteiger partial charge in [0.1, 0.15) is 0 Å². The van der Waals surface area contributed by atoms with E-state index in [9.17, 15) is 0 Å². The first-order chi connectivity index (χ1) is 5.66. The molecule has 0 aliphatic rings. The monoisotopic (exact) mass is 168 g/mol. The van der Waals surface area contributed by atoms with E-state index in [0.717, 1.165) is 0 Å². The molecule has 0 bridgehead atoms. The molecule has 2 nitrogen and oxygen atoms in total. The van der Waals surface area contributed by atoms with Crippen LogP contribution in [0.15, 0.2) is 30.3 Å². The highest BCUT2D eigenvalue weighted by Gasteiger charge is 1.80. The van der Waals surface area contributed by atoms with Crippen LogP contribution >= 0.6 is 0 Å². The van der Waals surface area contributed by atoms with Gasteiger partial charge in [0.15, 0.2) is 6.29 Å². The maximum Gasteiger partial charge on any atom is 0.151 e. The number of aliphatic hydroxyl groups excluding tert-OH is 1. The van der Waals surface area contributed by atoms with E-state index in [0.29, 0.717) is 0 Å². The van der Waals surface area contributed by atoms with Crippen molar-refractivity contribution in [3.05, 3.63) is 35.9 Å². The fourth-order valence-corrected chi connectivity index (χ4v) is 0.534. The molecule has 0 amide bonds. The number of aliphatic hydroxyl groups is 1. The van der Waals surface area contributed by atoms with Crippen molar-refractivity contribution >= 4 is 0 Å². The molecule has 68 valence electrons. The minimum atomic E-state index is -0.616. The molecule has 12 heavy (non-hydrogen) atoms. The summed E-state index contributed by atoms with van der Waals surface area (Å²) in [6.45, 7) is 3.64. The van der Waals surface area contributed by atoms with Crippen LogP contribution in [0.2, 0.25) is 0 Å². The van der Waals surface area contributed by atoms with E-state index in [1.54, 1.807) is 6.92 Å². The number of ether oxygens (including phenoxy) is 1. The van der Waals surface area contributed by atoms with E-state index >= 15 is 0 Å². The lowest BCUT2D eigenvalue weighted by atomic mass is 10.2. The van der Waals surface area contributed by atoms with Crippen molar-refractivity contribution in [2.75, 3.05) is 7.11 Å². The molecule has 0 fully saturated rings. The van der Waals surface area contributed by atoms with Crippen LogP contribution in [0.5, 0.6) is 0 Å². The number of benzene rings is 1. The topological polar surface area (TPSA) is 29.5 Å². The molecule has 1 aromatic carbocycles. The minimum Gasteiger partial charge on any atom is -0.368 e. The first-order valence-corrected chi connectivity index (χ1v) is 3.89. The maximum atomic E-state index is 8.14. The number of hydrogen-bond donors (Lipinski definition) is 1. The molecular formula is C10H16O2. The molecule has 1 N–H and O–H groups in total. The van der Waals surface area contributed by atoms with Crippen LogP contribution in [0.25, 0.3) is 0 Å². The number of methoxy groups -OCH3 is 1. The Morgan fingerprint density at radius 1 is 1.25 bits per heavy atom. The third-order valence-electron chi connectivity index (χ3n) is 1.28. The van der Waals surface area contributed by atoms with Gasteiger partial charge in [-0.1, -0.05) is 35.9 Å². The van der Waals surface area contributed by atoms with Crippen LogP contribution in [-0.4, -0.2) is 18.5 Å². The molecule has 0 heterocycles. The Morgan fingerprint density at radius 3 is 1.83 bits per heavy atom. The van der Waals surface area contributed by atoms with Crippen molar-refractivity contribution in [2.24, 2.45) is 0 Å². The van der Waals surface area contributed by atoms with Gasteiger partial charge in [-0.2, -0.15) is 0 Å². The third-order valence-corrected chi connectivity index (χ3v) is 1.28. The molecule has 0 saturated carbocycles. The molecule has 1 atom stereocenters. The standard InChI is InChI=1S/C7H8.C3H8O2/c1-7-5-3-2-4-6-7;1-3(4)5-2/h2-6H,1H3;3-4H,1-2H3. The average Bonchev–Trinajstić information content (AvgIpc) is 2.07. The number of rotatable bonds is 1. The average molecular weight is 168 g/mol. The molecule has 1 aromatic rings. The van der Waals surface area contributed by atoms with E-state index in [-0.39, 0.29) is 0 Å². The van der Waals surface area contributed by atoms with Crippen molar-refractivity contribution in [3.63, 3.8) is 0 Å². The molecule has 0 saturated heterocycles. The molecular weight excluding hydrogens is 152 g/mol. The van der Waals surface area contributed by atoms with Gasteiger partial charge < -0.3 is 9.84 Å².